The average molecular weight is 500 g/mol. The van der Waals surface area contributed by atoms with E-state index < -0.39 is 11.8 Å². The Hall–Kier alpha value is -4.33. The topological polar surface area (TPSA) is 79.4 Å². The molecule has 2 aliphatic rings. The highest BCUT2D eigenvalue weighted by molar-refractivity contribution is 6.34. The molecule has 0 atom stereocenters. The summed E-state index contributed by atoms with van der Waals surface area (Å²) >= 11 is 0. The molecule has 190 valence electrons. The third-order valence-corrected chi connectivity index (χ3v) is 6.76. The van der Waals surface area contributed by atoms with E-state index >= 15 is 0 Å². The summed E-state index contributed by atoms with van der Waals surface area (Å²) in [5, 5.41) is 0. The summed E-state index contributed by atoms with van der Waals surface area (Å²) in [5.41, 5.74) is 2.52. The number of hydrogen-bond acceptors (Lipinski definition) is 6. The molecule has 5 rings (SSSR count). The summed E-state index contributed by atoms with van der Waals surface area (Å²) in [6, 6.07) is 19.5. The van der Waals surface area contributed by atoms with E-state index in [4.69, 9.17) is 9.47 Å². The fourth-order valence-electron chi connectivity index (χ4n) is 4.82. The minimum Gasteiger partial charge on any atom is -0.497 e. The molecule has 0 spiro atoms. The van der Waals surface area contributed by atoms with Crippen molar-refractivity contribution in [1.82, 2.24) is 4.90 Å². The van der Waals surface area contributed by atoms with Crippen LogP contribution < -0.4 is 19.3 Å². The predicted molar refractivity (Wildman–Crippen MR) is 141 cm³/mol. The van der Waals surface area contributed by atoms with Crippen LogP contribution in [0.5, 0.6) is 11.5 Å². The molecule has 0 saturated carbocycles. The number of hydrogen-bond donors (Lipinski definition) is 0. The molecule has 1 fully saturated rings. The van der Waals surface area contributed by atoms with Gasteiger partial charge in [0.2, 0.25) is 0 Å². The summed E-state index contributed by atoms with van der Waals surface area (Å²) in [5.74, 6) is 0.507. The van der Waals surface area contributed by atoms with Gasteiger partial charge in [0.05, 0.1) is 30.5 Å². The first kappa shape index (κ1) is 24.4. The number of carbonyl (C=O) groups is 3. The van der Waals surface area contributed by atoms with E-state index in [1.165, 1.54) is 0 Å². The van der Waals surface area contributed by atoms with Gasteiger partial charge in [-0.2, -0.15) is 0 Å². The standard InChI is InChI=1S/C29H29N3O5/c1-3-37-24-12-8-22(9-13-24)32-28(34)25-14-5-20(19-26(25)29(32)35)27(33)31-16-4-15-30(17-18-31)21-6-10-23(36-2)11-7-21/h5-14,19H,3-4,15-18H2,1-2H3. The van der Waals surface area contributed by atoms with Crippen molar-refractivity contribution in [2.45, 2.75) is 13.3 Å². The van der Waals surface area contributed by atoms with E-state index in [0.717, 1.165) is 29.3 Å². The Morgan fingerprint density at radius 1 is 0.784 bits per heavy atom. The molecule has 3 aromatic rings. The van der Waals surface area contributed by atoms with Crippen LogP contribution in [0.25, 0.3) is 0 Å². The van der Waals surface area contributed by atoms with Crippen molar-refractivity contribution in [1.29, 1.82) is 0 Å². The van der Waals surface area contributed by atoms with Crippen LogP contribution in [0.4, 0.5) is 11.4 Å². The van der Waals surface area contributed by atoms with Crippen LogP contribution in [-0.2, 0) is 0 Å². The van der Waals surface area contributed by atoms with Crippen molar-refractivity contribution >= 4 is 29.1 Å². The summed E-state index contributed by atoms with van der Waals surface area (Å²) in [7, 11) is 1.64. The zero-order valence-electron chi connectivity index (χ0n) is 21.0. The molecule has 3 amide bonds. The van der Waals surface area contributed by atoms with E-state index in [2.05, 4.69) is 4.90 Å². The quantitative estimate of drug-likeness (QED) is 0.472. The van der Waals surface area contributed by atoms with Crippen LogP contribution in [0.1, 0.15) is 44.4 Å². The SMILES string of the molecule is CCOc1ccc(N2C(=O)c3ccc(C(=O)N4CCCN(c5ccc(OC)cc5)CC4)cc3C2=O)cc1. The van der Waals surface area contributed by atoms with Gasteiger partial charge in [-0.3, -0.25) is 14.4 Å². The lowest BCUT2D eigenvalue weighted by Gasteiger charge is -2.24. The smallest absolute Gasteiger partial charge is 0.266 e. The molecule has 1 saturated heterocycles. The highest BCUT2D eigenvalue weighted by Crippen LogP contribution is 2.31. The minimum atomic E-state index is -0.430. The minimum absolute atomic E-state index is 0.140. The number of rotatable bonds is 6. The molecule has 3 aromatic carbocycles. The molecular formula is C29H29N3O5. The Morgan fingerprint density at radius 3 is 2.16 bits per heavy atom. The molecule has 0 unspecified atom stereocenters. The van der Waals surface area contributed by atoms with Crippen molar-refractivity contribution in [2.75, 3.05) is 49.7 Å². The number of amides is 3. The molecule has 0 N–H and O–H groups in total. The zero-order chi connectivity index (χ0) is 25.9. The maximum Gasteiger partial charge on any atom is 0.266 e. The van der Waals surface area contributed by atoms with Crippen molar-refractivity contribution in [3.05, 3.63) is 83.4 Å². The van der Waals surface area contributed by atoms with Gasteiger partial charge in [0, 0.05) is 37.4 Å². The van der Waals surface area contributed by atoms with Crippen molar-refractivity contribution in [2.24, 2.45) is 0 Å². The normalized spacial score (nSPS) is 15.5. The molecule has 0 bridgehead atoms. The predicted octanol–water partition coefficient (Wildman–Crippen LogP) is 4.25. The summed E-state index contributed by atoms with van der Waals surface area (Å²) < 4.78 is 10.7. The van der Waals surface area contributed by atoms with E-state index in [0.29, 0.717) is 48.8 Å². The van der Waals surface area contributed by atoms with Crippen molar-refractivity contribution < 1.29 is 23.9 Å². The lowest BCUT2D eigenvalue weighted by molar-refractivity contribution is 0.0766. The Kier molecular flexibility index (Phi) is 6.81. The lowest BCUT2D eigenvalue weighted by Crippen LogP contribution is -2.35. The van der Waals surface area contributed by atoms with Crippen molar-refractivity contribution in [3.8, 4) is 11.5 Å². The summed E-state index contributed by atoms with van der Waals surface area (Å²) in [6.07, 6.45) is 0.825. The molecule has 2 heterocycles. The molecule has 8 heteroatoms. The first-order valence-electron chi connectivity index (χ1n) is 12.4. The molecule has 2 aliphatic heterocycles. The summed E-state index contributed by atoms with van der Waals surface area (Å²) in [4.78, 5) is 44.8. The van der Waals surface area contributed by atoms with Crippen LogP contribution in [-0.4, -0.2) is 62.5 Å². The van der Waals surface area contributed by atoms with E-state index in [1.807, 2.05) is 36.1 Å². The highest BCUT2D eigenvalue weighted by atomic mass is 16.5. The summed E-state index contributed by atoms with van der Waals surface area (Å²) in [6.45, 7) is 5.14. The molecule has 0 aliphatic carbocycles. The third kappa shape index (κ3) is 4.74. The number of anilines is 2. The van der Waals surface area contributed by atoms with Gasteiger partial charge in [0.15, 0.2) is 0 Å². The average Bonchev–Trinajstić information content (AvgIpc) is 3.08. The lowest BCUT2D eigenvalue weighted by atomic mass is 10.0. The van der Waals surface area contributed by atoms with Crippen LogP contribution in [0.15, 0.2) is 66.7 Å². The number of nitrogens with zero attached hydrogens (tertiary/aromatic N) is 3. The number of benzene rings is 3. The van der Waals surface area contributed by atoms with Crippen LogP contribution in [0, 0.1) is 0 Å². The Morgan fingerprint density at radius 2 is 1.46 bits per heavy atom. The van der Waals surface area contributed by atoms with Gasteiger partial charge in [-0.25, -0.2) is 4.90 Å². The first-order valence-corrected chi connectivity index (χ1v) is 12.4. The Bertz CT molecular complexity index is 1320. The van der Waals surface area contributed by atoms with Crippen LogP contribution >= 0.6 is 0 Å². The Labute approximate surface area is 216 Å². The highest BCUT2D eigenvalue weighted by Gasteiger charge is 2.37. The zero-order valence-corrected chi connectivity index (χ0v) is 21.0. The van der Waals surface area contributed by atoms with Gasteiger partial charge in [-0.05, 0) is 80.1 Å². The largest absolute Gasteiger partial charge is 0.497 e. The van der Waals surface area contributed by atoms with E-state index in [1.54, 1.807) is 49.6 Å². The maximum atomic E-state index is 13.4. The third-order valence-electron chi connectivity index (χ3n) is 6.76. The van der Waals surface area contributed by atoms with Gasteiger partial charge >= 0.3 is 0 Å². The first-order chi connectivity index (χ1) is 18.0. The van der Waals surface area contributed by atoms with Gasteiger partial charge in [-0.1, -0.05) is 0 Å². The van der Waals surface area contributed by atoms with Crippen LogP contribution in [0.3, 0.4) is 0 Å². The fourth-order valence-corrected chi connectivity index (χ4v) is 4.82. The van der Waals surface area contributed by atoms with Gasteiger partial charge in [0.1, 0.15) is 11.5 Å². The molecule has 37 heavy (non-hydrogen) atoms. The van der Waals surface area contributed by atoms with E-state index in [-0.39, 0.29) is 11.5 Å². The second-order valence-corrected chi connectivity index (χ2v) is 8.96. The maximum absolute atomic E-state index is 13.4. The number of methoxy groups -OCH3 is 1. The second-order valence-electron chi connectivity index (χ2n) is 8.96. The monoisotopic (exact) mass is 499 g/mol. The number of ether oxygens (including phenoxy) is 2. The number of imide groups is 1. The van der Waals surface area contributed by atoms with Crippen molar-refractivity contribution in [3.63, 3.8) is 0 Å². The van der Waals surface area contributed by atoms with Crippen LogP contribution in [0.2, 0.25) is 0 Å². The Balaban J connectivity index is 1.30. The second kappa shape index (κ2) is 10.3. The molecule has 0 aromatic heterocycles. The van der Waals surface area contributed by atoms with Gasteiger partial charge in [0.25, 0.3) is 17.7 Å². The molecular weight excluding hydrogens is 470 g/mol. The van der Waals surface area contributed by atoms with E-state index in [9.17, 15) is 14.4 Å². The number of fused-ring (bicyclic) bond motifs is 1. The molecule has 8 nitrogen and oxygen atoms in total. The van der Waals surface area contributed by atoms with Gasteiger partial charge in [-0.15, -0.1) is 0 Å². The number of carbonyl (C=O) groups excluding carboxylic acids is 3. The van der Waals surface area contributed by atoms with Gasteiger partial charge < -0.3 is 19.3 Å². The molecule has 0 radical (unpaired) electrons. The fraction of sp³-hybridized carbons (Fsp3) is 0.276.